The van der Waals surface area contributed by atoms with E-state index < -0.39 is 6.04 Å². The van der Waals surface area contributed by atoms with Crippen molar-refractivity contribution in [1.29, 1.82) is 0 Å². The van der Waals surface area contributed by atoms with E-state index in [4.69, 9.17) is 0 Å². The van der Waals surface area contributed by atoms with Crippen LogP contribution in [-0.2, 0) is 22.6 Å². The number of carbonyl (C=O) groups excluding carboxylic acids is 2. The SMILES string of the molecule is CCc1ccc(CN2C(=O)C(CC)NC(=O)CC2C)cc1. The summed E-state index contributed by atoms with van der Waals surface area (Å²) in [7, 11) is 0. The molecular weight excluding hydrogens is 264 g/mol. The van der Waals surface area contributed by atoms with Gasteiger partial charge in [0, 0.05) is 19.0 Å². The van der Waals surface area contributed by atoms with Crippen LogP contribution in [0.25, 0.3) is 0 Å². The Labute approximate surface area is 126 Å². The zero-order valence-electron chi connectivity index (χ0n) is 13.1. The zero-order valence-corrected chi connectivity index (χ0v) is 13.1. The van der Waals surface area contributed by atoms with Crippen molar-refractivity contribution in [1.82, 2.24) is 10.2 Å². The van der Waals surface area contributed by atoms with Gasteiger partial charge in [0.25, 0.3) is 0 Å². The third-order valence-corrected chi connectivity index (χ3v) is 4.12. The molecule has 4 heteroatoms. The van der Waals surface area contributed by atoms with E-state index in [0.29, 0.717) is 19.4 Å². The summed E-state index contributed by atoms with van der Waals surface area (Å²) < 4.78 is 0. The van der Waals surface area contributed by atoms with Crippen LogP contribution in [0.2, 0.25) is 0 Å². The molecule has 1 aromatic carbocycles. The van der Waals surface area contributed by atoms with E-state index in [1.165, 1.54) is 5.56 Å². The van der Waals surface area contributed by atoms with E-state index in [1.54, 1.807) is 0 Å². The van der Waals surface area contributed by atoms with E-state index in [9.17, 15) is 9.59 Å². The van der Waals surface area contributed by atoms with Crippen molar-refractivity contribution in [3.8, 4) is 0 Å². The number of nitrogens with zero attached hydrogens (tertiary/aromatic N) is 1. The van der Waals surface area contributed by atoms with Gasteiger partial charge in [0.05, 0.1) is 0 Å². The number of benzene rings is 1. The van der Waals surface area contributed by atoms with Crippen molar-refractivity contribution in [2.75, 3.05) is 0 Å². The van der Waals surface area contributed by atoms with Crippen LogP contribution in [0, 0.1) is 0 Å². The number of hydrogen-bond acceptors (Lipinski definition) is 2. The highest BCUT2D eigenvalue weighted by Crippen LogP contribution is 2.17. The highest BCUT2D eigenvalue weighted by Gasteiger charge is 2.32. The Hall–Kier alpha value is -1.84. The van der Waals surface area contributed by atoms with Crippen molar-refractivity contribution in [3.05, 3.63) is 35.4 Å². The summed E-state index contributed by atoms with van der Waals surface area (Å²) in [6.45, 7) is 6.55. The third-order valence-electron chi connectivity index (χ3n) is 4.12. The monoisotopic (exact) mass is 288 g/mol. The summed E-state index contributed by atoms with van der Waals surface area (Å²) in [6.07, 6.45) is 2.01. The van der Waals surface area contributed by atoms with E-state index >= 15 is 0 Å². The van der Waals surface area contributed by atoms with Crippen LogP contribution in [0.15, 0.2) is 24.3 Å². The lowest BCUT2D eigenvalue weighted by Gasteiger charge is -2.28. The second-order valence-corrected chi connectivity index (χ2v) is 5.72. The fourth-order valence-electron chi connectivity index (χ4n) is 2.70. The minimum Gasteiger partial charge on any atom is -0.344 e. The largest absolute Gasteiger partial charge is 0.344 e. The van der Waals surface area contributed by atoms with Crippen LogP contribution in [-0.4, -0.2) is 28.8 Å². The van der Waals surface area contributed by atoms with Gasteiger partial charge in [-0.2, -0.15) is 0 Å². The maximum absolute atomic E-state index is 12.6. The van der Waals surface area contributed by atoms with Gasteiger partial charge in [-0.25, -0.2) is 0 Å². The second-order valence-electron chi connectivity index (χ2n) is 5.72. The smallest absolute Gasteiger partial charge is 0.245 e. The summed E-state index contributed by atoms with van der Waals surface area (Å²) >= 11 is 0. The molecular formula is C17H24N2O2. The maximum Gasteiger partial charge on any atom is 0.245 e. The van der Waals surface area contributed by atoms with Crippen molar-refractivity contribution in [3.63, 3.8) is 0 Å². The van der Waals surface area contributed by atoms with Gasteiger partial charge in [0.2, 0.25) is 11.8 Å². The third kappa shape index (κ3) is 3.63. The molecule has 0 radical (unpaired) electrons. The minimum absolute atomic E-state index is 0.0235. The molecule has 2 atom stereocenters. The Bertz CT molecular complexity index is 510. The number of nitrogens with one attached hydrogen (secondary N) is 1. The molecule has 1 N–H and O–H groups in total. The summed E-state index contributed by atoms with van der Waals surface area (Å²) in [5.74, 6) is -0.0121. The Balaban J connectivity index is 2.17. The van der Waals surface area contributed by atoms with Gasteiger partial charge >= 0.3 is 0 Å². The molecule has 1 heterocycles. The van der Waals surface area contributed by atoms with Crippen LogP contribution in [0.3, 0.4) is 0 Å². The van der Waals surface area contributed by atoms with Gasteiger partial charge in [-0.15, -0.1) is 0 Å². The van der Waals surface area contributed by atoms with Crippen LogP contribution in [0.5, 0.6) is 0 Å². The van der Waals surface area contributed by atoms with Gasteiger partial charge in [0.1, 0.15) is 6.04 Å². The summed E-state index contributed by atoms with van der Waals surface area (Å²) in [6, 6.07) is 7.88. The Morgan fingerprint density at radius 1 is 1.14 bits per heavy atom. The Kier molecular flexibility index (Phi) is 4.99. The summed E-state index contributed by atoms with van der Waals surface area (Å²) in [5.41, 5.74) is 2.40. The maximum atomic E-state index is 12.6. The van der Waals surface area contributed by atoms with Gasteiger partial charge in [-0.05, 0) is 30.9 Å². The fourth-order valence-corrected chi connectivity index (χ4v) is 2.70. The molecule has 2 amide bonds. The van der Waals surface area contributed by atoms with Crippen LogP contribution in [0.4, 0.5) is 0 Å². The van der Waals surface area contributed by atoms with Crippen molar-refractivity contribution >= 4 is 11.8 Å². The molecule has 1 aliphatic rings. The number of aryl methyl sites for hydroxylation is 1. The lowest BCUT2D eigenvalue weighted by Crippen LogP contribution is -2.45. The molecule has 114 valence electrons. The van der Waals surface area contributed by atoms with Crippen molar-refractivity contribution in [2.24, 2.45) is 0 Å². The number of amides is 2. The molecule has 1 fully saturated rings. The predicted octanol–water partition coefficient (Wildman–Crippen LogP) is 2.26. The lowest BCUT2D eigenvalue weighted by atomic mass is 10.1. The molecule has 0 spiro atoms. The first-order valence-corrected chi connectivity index (χ1v) is 7.72. The standard InChI is InChI=1S/C17H24N2O2/c1-4-13-6-8-14(9-7-13)11-19-12(3)10-16(20)18-15(5-2)17(19)21/h6-9,12,15H,4-5,10-11H2,1-3H3,(H,18,20). The first-order valence-electron chi connectivity index (χ1n) is 7.72. The van der Waals surface area contributed by atoms with E-state index in [0.717, 1.165) is 12.0 Å². The normalized spacial score (nSPS) is 22.9. The zero-order chi connectivity index (χ0) is 15.4. The molecule has 0 bridgehead atoms. The molecule has 21 heavy (non-hydrogen) atoms. The van der Waals surface area contributed by atoms with E-state index in [1.807, 2.05) is 18.7 Å². The molecule has 2 unspecified atom stereocenters. The van der Waals surface area contributed by atoms with Crippen LogP contribution >= 0.6 is 0 Å². The molecule has 4 nitrogen and oxygen atoms in total. The Morgan fingerprint density at radius 3 is 2.33 bits per heavy atom. The predicted molar refractivity (Wildman–Crippen MR) is 82.7 cm³/mol. The van der Waals surface area contributed by atoms with E-state index in [-0.39, 0.29) is 17.9 Å². The first-order chi connectivity index (χ1) is 10.0. The first kappa shape index (κ1) is 15.5. The highest BCUT2D eigenvalue weighted by atomic mass is 16.2. The van der Waals surface area contributed by atoms with Gasteiger partial charge in [-0.1, -0.05) is 38.1 Å². The molecule has 0 aliphatic carbocycles. The average molecular weight is 288 g/mol. The molecule has 1 aromatic rings. The molecule has 0 aromatic heterocycles. The van der Waals surface area contributed by atoms with Crippen molar-refractivity contribution in [2.45, 2.75) is 58.7 Å². The quantitative estimate of drug-likeness (QED) is 0.924. The molecule has 1 saturated heterocycles. The highest BCUT2D eigenvalue weighted by molar-refractivity contribution is 5.90. The van der Waals surface area contributed by atoms with Crippen LogP contribution < -0.4 is 5.32 Å². The molecule has 2 rings (SSSR count). The molecule has 1 aliphatic heterocycles. The van der Waals surface area contributed by atoms with Crippen molar-refractivity contribution < 1.29 is 9.59 Å². The van der Waals surface area contributed by atoms with Gasteiger partial charge < -0.3 is 10.2 Å². The van der Waals surface area contributed by atoms with Crippen LogP contribution in [0.1, 0.15) is 44.7 Å². The number of carbonyl (C=O) groups is 2. The average Bonchev–Trinajstić information content (AvgIpc) is 2.58. The topological polar surface area (TPSA) is 49.4 Å². The van der Waals surface area contributed by atoms with Gasteiger partial charge in [-0.3, -0.25) is 9.59 Å². The minimum atomic E-state index is -0.391. The molecule has 0 saturated carbocycles. The fraction of sp³-hybridized carbons (Fsp3) is 0.529. The lowest BCUT2D eigenvalue weighted by molar-refractivity contribution is -0.135. The second kappa shape index (κ2) is 6.74. The number of hydrogen-bond donors (Lipinski definition) is 1. The summed E-state index contributed by atoms with van der Waals surface area (Å²) in [4.78, 5) is 26.2. The summed E-state index contributed by atoms with van der Waals surface area (Å²) in [5, 5.41) is 2.81. The van der Waals surface area contributed by atoms with E-state index in [2.05, 4.69) is 36.5 Å². The Morgan fingerprint density at radius 2 is 1.76 bits per heavy atom. The van der Waals surface area contributed by atoms with Gasteiger partial charge in [0.15, 0.2) is 0 Å². The number of rotatable bonds is 4.